The van der Waals surface area contributed by atoms with E-state index in [9.17, 15) is 0 Å². The van der Waals surface area contributed by atoms with Crippen molar-refractivity contribution in [2.75, 3.05) is 39.9 Å². The van der Waals surface area contributed by atoms with Crippen molar-refractivity contribution in [1.82, 2.24) is 9.80 Å². The van der Waals surface area contributed by atoms with Gasteiger partial charge in [-0.2, -0.15) is 0 Å². The molecule has 0 unspecified atom stereocenters. The Labute approximate surface area is 157 Å². The summed E-state index contributed by atoms with van der Waals surface area (Å²) in [5.41, 5.74) is 4.74. The van der Waals surface area contributed by atoms with Crippen molar-refractivity contribution in [1.29, 1.82) is 0 Å². The zero-order valence-corrected chi connectivity index (χ0v) is 15.9. The number of benzene rings is 2. The first-order chi connectivity index (χ1) is 12.8. The molecule has 1 spiro atoms. The number of hydrogen-bond acceptors (Lipinski definition) is 3. The normalized spacial score (nSPS) is 20.2. The predicted molar refractivity (Wildman–Crippen MR) is 106 cm³/mol. The van der Waals surface area contributed by atoms with Crippen LogP contribution in [0.5, 0.6) is 0 Å². The van der Waals surface area contributed by atoms with Gasteiger partial charge in [-0.15, -0.1) is 0 Å². The second-order valence-corrected chi connectivity index (χ2v) is 7.68. The average molecular weight is 351 g/mol. The highest BCUT2D eigenvalue weighted by Crippen LogP contribution is 2.43. The van der Waals surface area contributed by atoms with E-state index in [2.05, 4.69) is 64.4 Å². The summed E-state index contributed by atoms with van der Waals surface area (Å²) in [5.74, 6) is 0. The zero-order chi connectivity index (χ0) is 17.8. The lowest BCUT2D eigenvalue weighted by molar-refractivity contribution is -0.00697. The van der Waals surface area contributed by atoms with Crippen LogP contribution >= 0.6 is 0 Å². The van der Waals surface area contributed by atoms with Crippen LogP contribution in [-0.2, 0) is 23.2 Å². The van der Waals surface area contributed by atoms with Crippen LogP contribution in [-0.4, -0.2) is 49.7 Å². The zero-order valence-electron chi connectivity index (χ0n) is 15.9. The Morgan fingerprint density at radius 1 is 0.923 bits per heavy atom. The Balaban J connectivity index is 1.53. The van der Waals surface area contributed by atoms with Crippen LogP contribution in [0.25, 0.3) is 0 Å². The summed E-state index contributed by atoms with van der Waals surface area (Å²) >= 11 is 0. The third-order valence-corrected chi connectivity index (χ3v) is 6.27. The van der Waals surface area contributed by atoms with E-state index in [1.807, 2.05) is 7.11 Å². The smallest absolute Gasteiger partial charge is 0.0590 e. The van der Waals surface area contributed by atoms with Crippen molar-refractivity contribution in [2.24, 2.45) is 0 Å². The third-order valence-electron chi connectivity index (χ3n) is 6.27. The summed E-state index contributed by atoms with van der Waals surface area (Å²) in [6.07, 6.45) is 3.58. The van der Waals surface area contributed by atoms with E-state index in [1.165, 1.54) is 18.4 Å². The maximum Gasteiger partial charge on any atom is 0.0590 e. The average Bonchev–Trinajstić information content (AvgIpc) is 2.70. The fourth-order valence-corrected chi connectivity index (χ4v) is 4.87. The number of rotatable bonds is 5. The topological polar surface area (TPSA) is 15.7 Å². The van der Waals surface area contributed by atoms with Crippen molar-refractivity contribution in [3.63, 3.8) is 0 Å². The van der Waals surface area contributed by atoms with Crippen LogP contribution in [0.4, 0.5) is 0 Å². The molecule has 4 rings (SSSR count). The molecule has 26 heavy (non-hydrogen) atoms. The number of ether oxygens (including phenoxy) is 1. The molecule has 1 fully saturated rings. The van der Waals surface area contributed by atoms with Gasteiger partial charge in [0.15, 0.2) is 0 Å². The van der Waals surface area contributed by atoms with Crippen LogP contribution in [0, 0.1) is 0 Å². The minimum Gasteiger partial charge on any atom is -0.383 e. The Hall–Kier alpha value is -1.68. The number of hydrogen-bond donors (Lipinski definition) is 0. The molecule has 2 heterocycles. The molecule has 2 aliphatic rings. The van der Waals surface area contributed by atoms with Gasteiger partial charge < -0.3 is 4.74 Å². The van der Waals surface area contributed by atoms with Gasteiger partial charge in [-0.1, -0.05) is 54.6 Å². The number of piperidine rings is 1. The molecule has 0 aromatic heterocycles. The van der Waals surface area contributed by atoms with Crippen molar-refractivity contribution in [3.8, 4) is 0 Å². The van der Waals surface area contributed by atoms with Crippen LogP contribution in [0.15, 0.2) is 54.6 Å². The maximum absolute atomic E-state index is 5.41. The number of fused-ring (bicyclic) bond motifs is 2. The molecule has 138 valence electrons. The first kappa shape index (κ1) is 17.7. The first-order valence-corrected chi connectivity index (χ1v) is 9.90. The van der Waals surface area contributed by atoms with E-state index in [4.69, 9.17) is 4.74 Å². The molecule has 0 amide bonds. The molecule has 0 saturated carbocycles. The molecular weight excluding hydrogens is 320 g/mol. The minimum atomic E-state index is 0.195. The van der Waals surface area contributed by atoms with Crippen LogP contribution in [0.3, 0.4) is 0 Å². The summed E-state index contributed by atoms with van der Waals surface area (Å²) in [6.45, 7) is 6.39. The van der Waals surface area contributed by atoms with E-state index < -0.39 is 0 Å². The number of nitrogens with zero attached hydrogens (tertiary/aromatic N) is 2. The Morgan fingerprint density at radius 2 is 1.65 bits per heavy atom. The largest absolute Gasteiger partial charge is 0.383 e. The fraction of sp³-hybridized carbons (Fsp3) is 0.478. The lowest BCUT2D eigenvalue weighted by atomic mass is 9.74. The van der Waals surface area contributed by atoms with E-state index in [0.29, 0.717) is 0 Å². The SMILES string of the molecule is COCCN1CCc2ccccc2C12CCN(Cc1ccccc1)CC2. The van der Waals surface area contributed by atoms with Crippen molar-refractivity contribution in [3.05, 3.63) is 71.3 Å². The second-order valence-electron chi connectivity index (χ2n) is 7.68. The molecule has 1 saturated heterocycles. The summed E-state index contributed by atoms with van der Waals surface area (Å²) in [5, 5.41) is 0. The molecule has 0 bridgehead atoms. The van der Waals surface area contributed by atoms with Gasteiger partial charge in [0.1, 0.15) is 0 Å². The summed E-state index contributed by atoms with van der Waals surface area (Å²) in [4.78, 5) is 5.32. The molecular formula is C23H30N2O. The molecule has 0 radical (unpaired) electrons. The highest BCUT2D eigenvalue weighted by molar-refractivity contribution is 5.37. The molecule has 0 atom stereocenters. The van der Waals surface area contributed by atoms with Gasteiger partial charge in [0, 0.05) is 45.4 Å². The summed E-state index contributed by atoms with van der Waals surface area (Å²) < 4.78 is 5.41. The van der Waals surface area contributed by atoms with Crippen LogP contribution in [0.2, 0.25) is 0 Å². The molecule has 3 heteroatoms. The Bertz CT molecular complexity index is 707. The minimum absolute atomic E-state index is 0.195. The van der Waals surface area contributed by atoms with E-state index in [1.54, 1.807) is 11.1 Å². The molecule has 2 aromatic carbocycles. The van der Waals surface area contributed by atoms with Crippen LogP contribution < -0.4 is 0 Å². The monoisotopic (exact) mass is 350 g/mol. The lowest BCUT2D eigenvalue weighted by Crippen LogP contribution is -2.56. The Morgan fingerprint density at radius 3 is 2.42 bits per heavy atom. The quantitative estimate of drug-likeness (QED) is 0.818. The van der Waals surface area contributed by atoms with Gasteiger partial charge >= 0.3 is 0 Å². The van der Waals surface area contributed by atoms with Gasteiger partial charge in [-0.05, 0) is 36.0 Å². The number of methoxy groups -OCH3 is 1. The highest BCUT2D eigenvalue weighted by atomic mass is 16.5. The highest BCUT2D eigenvalue weighted by Gasteiger charge is 2.44. The number of likely N-dealkylation sites (tertiary alicyclic amines) is 1. The van der Waals surface area contributed by atoms with Crippen molar-refractivity contribution >= 4 is 0 Å². The lowest BCUT2D eigenvalue weighted by Gasteiger charge is -2.52. The molecule has 2 aromatic rings. The fourth-order valence-electron chi connectivity index (χ4n) is 4.87. The summed E-state index contributed by atoms with van der Waals surface area (Å²) in [7, 11) is 1.81. The second kappa shape index (κ2) is 7.91. The molecule has 3 nitrogen and oxygen atoms in total. The van der Waals surface area contributed by atoms with Crippen molar-refractivity contribution in [2.45, 2.75) is 31.3 Å². The Kier molecular flexibility index (Phi) is 5.39. The van der Waals surface area contributed by atoms with Gasteiger partial charge in [0.05, 0.1) is 6.61 Å². The predicted octanol–water partition coefficient (Wildman–Crippen LogP) is 3.68. The standard InChI is InChI=1S/C23H30N2O/c1-26-18-17-25-14-11-21-9-5-6-10-22(21)23(25)12-15-24(16-13-23)19-20-7-3-2-4-8-20/h2-10H,11-19H2,1H3. The van der Waals surface area contributed by atoms with E-state index in [0.717, 1.165) is 45.8 Å². The summed E-state index contributed by atoms with van der Waals surface area (Å²) in [6, 6.07) is 20.0. The molecule has 0 aliphatic carbocycles. The molecule has 0 N–H and O–H groups in total. The van der Waals surface area contributed by atoms with Gasteiger partial charge in [0.25, 0.3) is 0 Å². The maximum atomic E-state index is 5.41. The third kappa shape index (κ3) is 3.44. The van der Waals surface area contributed by atoms with Gasteiger partial charge in [-0.25, -0.2) is 0 Å². The molecule has 2 aliphatic heterocycles. The van der Waals surface area contributed by atoms with Crippen LogP contribution in [0.1, 0.15) is 29.5 Å². The van der Waals surface area contributed by atoms with E-state index in [-0.39, 0.29) is 5.54 Å². The van der Waals surface area contributed by atoms with E-state index >= 15 is 0 Å². The first-order valence-electron chi connectivity index (χ1n) is 9.90. The van der Waals surface area contributed by atoms with Crippen molar-refractivity contribution < 1.29 is 4.74 Å². The van der Waals surface area contributed by atoms with Gasteiger partial charge in [-0.3, -0.25) is 9.80 Å². The van der Waals surface area contributed by atoms with Gasteiger partial charge in [0.2, 0.25) is 0 Å².